The Hall–Kier alpha value is -1.15. The third kappa shape index (κ3) is 2.96. The molecule has 1 aromatic carbocycles. The topological polar surface area (TPSA) is 26.3 Å². The summed E-state index contributed by atoms with van der Waals surface area (Å²) in [6.45, 7) is 4.61. The van der Waals surface area contributed by atoms with E-state index in [0.717, 1.165) is 5.56 Å². The lowest BCUT2D eigenvalue weighted by Gasteiger charge is -2.10. The van der Waals surface area contributed by atoms with Gasteiger partial charge in [0.15, 0.2) is 5.78 Å². The first-order valence-corrected chi connectivity index (χ1v) is 4.91. The molecule has 0 radical (unpaired) electrons. The molecule has 0 amide bonds. The summed E-state index contributed by atoms with van der Waals surface area (Å²) in [4.78, 5) is 11.6. The molecular weight excluding hydrogens is 176 g/mol. The standard InChI is InChI=1S/C12H16O2/c1-3-14-9-12(13)10(2)11-7-5-4-6-8-11/h4-8,10H,3,9H2,1-2H3. The number of hydrogen-bond donors (Lipinski definition) is 0. The Balaban J connectivity index is 2.57. The first-order valence-electron chi connectivity index (χ1n) is 4.91. The van der Waals surface area contributed by atoms with E-state index in [2.05, 4.69) is 0 Å². The van der Waals surface area contributed by atoms with Crippen molar-refractivity contribution in [2.45, 2.75) is 19.8 Å². The maximum Gasteiger partial charge on any atom is 0.165 e. The molecule has 0 aliphatic heterocycles. The fourth-order valence-corrected chi connectivity index (χ4v) is 1.26. The monoisotopic (exact) mass is 192 g/mol. The number of rotatable bonds is 5. The van der Waals surface area contributed by atoms with Crippen molar-refractivity contribution < 1.29 is 9.53 Å². The first-order chi connectivity index (χ1) is 6.75. The summed E-state index contributed by atoms with van der Waals surface area (Å²) in [6.07, 6.45) is 0. The molecule has 0 heterocycles. The lowest BCUT2D eigenvalue weighted by Crippen LogP contribution is -2.15. The van der Waals surface area contributed by atoms with Gasteiger partial charge < -0.3 is 4.74 Å². The van der Waals surface area contributed by atoms with Gasteiger partial charge in [-0.3, -0.25) is 4.79 Å². The molecule has 0 aliphatic carbocycles. The van der Waals surface area contributed by atoms with Crippen LogP contribution in [0.5, 0.6) is 0 Å². The van der Waals surface area contributed by atoms with Gasteiger partial charge in [-0.1, -0.05) is 37.3 Å². The van der Waals surface area contributed by atoms with Gasteiger partial charge in [-0.05, 0) is 12.5 Å². The largest absolute Gasteiger partial charge is 0.374 e. The average Bonchev–Trinajstić information content (AvgIpc) is 2.26. The molecule has 2 nitrogen and oxygen atoms in total. The molecule has 0 fully saturated rings. The Kier molecular flexibility index (Phi) is 4.33. The van der Waals surface area contributed by atoms with E-state index in [1.54, 1.807) is 0 Å². The Morgan fingerprint density at radius 2 is 2.00 bits per heavy atom. The highest BCUT2D eigenvalue weighted by Crippen LogP contribution is 2.15. The van der Waals surface area contributed by atoms with Crippen LogP contribution in [0.1, 0.15) is 25.3 Å². The normalized spacial score (nSPS) is 12.4. The highest BCUT2D eigenvalue weighted by Gasteiger charge is 2.14. The van der Waals surface area contributed by atoms with E-state index in [1.165, 1.54) is 0 Å². The molecule has 0 aromatic heterocycles. The minimum absolute atomic E-state index is 0.0669. The van der Waals surface area contributed by atoms with Crippen LogP contribution in [0, 0.1) is 0 Å². The van der Waals surface area contributed by atoms with Crippen LogP contribution in [0.15, 0.2) is 30.3 Å². The number of benzene rings is 1. The van der Waals surface area contributed by atoms with Crippen molar-refractivity contribution in [3.05, 3.63) is 35.9 Å². The second kappa shape index (κ2) is 5.55. The maximum atomic E-state index is 11.6. The third-order valence-corrected chi connectivity index (χ3v) is 2.23. The zero-order valence-corrected chi connectivity index (χ0v) is 8.69. The van der Waals surface area contributed by atoms with Crippen molar-refractivity contribution in [2.24, 2.45) is 0 Å². The summed E-state index contributed by atoms with van der Waals surface area (Å²) in [5.74, 6) is 0.0702. The van der Waals surface area contributed by atoms with Crippen molar-refractivity contribution in [2.75, 3.05) is 13.2 Å². The predicted molar refractivity (Wildman–Crippen MR) is 56.4 cm³/mol. The molecule has 2 heteroatoms. The average molecular weight is 192 g/mol. The van der Waals surface area contributed by atoms with Crippen LogP contribution in [0.3, 0.4) is 0 Å². The van der Waals surface area contributed by atoms with Gasteiger partial charge in [-0.2, -0.15) is 0 Å². The van der Waals surface area contributed by atoms with Gasteiger partial charge in [0, 0.05) is 12.5 Å². The molecule has 1 aromatic rings. The second-order valence-corrected chi connectivity index (χ2v) is 3.24. The summed E-state index contributed by atoms with van der Waals surface area (Å²) in [7, 11) is 0. The zero-order chi connectivity index (χ0) is 10.4. The minimum atomic E-state index is -0.0669. The molecule has 0 N–H and O–H groups in total. The van der Waals surface area contributed by atoms with Gasteiger partial charge in [-0.15, -0.1) is 0 Å². The van der Waals surface area contributed by atoms with E-state index < -0.39 is 0 Å². The number of Topliss-reactive ketones (excluding diaryl/α,β-unsaturated/α-hetero) is 1. The molecule has 1 unspecified atom stereocenters. The summed E-state index contributed by atoms with van der Waals surface area (Å²) < 4.78 is 5.09. The number of ether oxygens (including phenoxy) is 1. The minimum Gasteiger partial charge on any atom is -0.374 e. The van der Waals surface area contributed by atoms with Crippen molar-refractivity contribution in [1.82, 2.24) is 0 Å². The molecule has 0 bridgehead atoms. The molecule has 0 saturated carbocycles. The Morgan fingerprint density at radius 1 is 1.36 bits per heavy atom. The molecule has 0 saturated heterocycles. The van der Waals surface area contributed by atoms with Crippen LogP contribution >= 0.6 is 0 Å². The van der Waals surface area contributed by atoms with E-state index in [0.29, 0.717) is 6.61 Å². The zero-order valence-electron chi connectivity index (χ0n) is 8.69. The van der Waals surface area contributed by atoms with E-state index in [1.807, 2.05) is 44.2 Å². The molecule has 0 aliphatic rings. The lowest BCUT2D eigenvalue weighted by molar-refractivity contribution is -0.124. The number of carbonyl (C=O) groups excluding carboxylic acids is 1. The summed E-state index contributed by atoms with van der Waals surface area (Å²) in [5, 5.41) is 0. The SMILES string of the molecule is CCOCC(=O)C(C)c1ccccc1. The van der Waals surface area contributed by atoms with Crippen LogP contribution in [-0.4, -0.2) is 19.0 Å². The highest BCUT2D eigenvalue weighted by molar-refractivity contribution is 5.86. The molecule has 1 atom stereocenters. The Bertz CT molecular complexity index is 280. The van der Waals surface area contributed by atoms with Gasteiger partial charge in [0.25, 0.3) is 0 Å². The van der Waals surface area contributed by atoms with Crippen molar-refractivity contribution in [3.8, 4) is 0 Å². The van der Waals surface area contributed by atoms with Crippen LogP contribution in [0.25, 0.3) is 0 Å². The predicted octanol–water partition coefficient (Wildman–Crippen LogP) is 2.40. The quantitative estimate of drug-likeness (QED) is 0.716. The van der Waals surface area contributed by atoms with Crippen LogP contribution in [0.4, 0.5) is 0 Å². The maximum absolute atomic E-state index is 11.6. The van der Waals surface area contributed by atoms with Crippen molar-refractivity contribution in [1.29, 1.82) is 0 Å². The van der Waals surface area contributed by atoms with Gasteiger partial charge in [-0.25, -0.2) is 0 Å². The number of carbonyl (C=O) groups is 1. The van der Waals surface area contributed by atoms with E-state index >= 15 is 0 Å². The van der Waals surface area contributed by atoms with Crippen LogP contribution in [0.2, 0.25) is 0 Å². The lowest BCUT2D eigenvalue weighted by atomic mass is 9.97. The first kappa shape index (κ1) is 10.9. The molecule has 0 spiro atoms. The van der Waals surface area contributed by atoms with Crippen LogP contribution in [-0.2, 0) is 9.53 Å². The summed E-state index contributed by atoms with van der Waals surface area (Å²) in [5.41, 5.74) is 1.05. The smallest absolute Gasteiger partial charge is 0.165 e. The fourth-order valence-electron chi connectivity index (χ4n) is 1.26. The third-order valence-electron chi connectivity index (χ3n) is 2.23. The summed E-state index contributed by atoms with van der Waals surface area (Å²) in [6, 6.07) is 9.77. The van der Waals surface area contributed by atoms with Crippen molar-refractivity contribution in [3.63, 3.8) is 0 Å². The van der Waals surface area contributed by atoms with Gasteiger partial charge in [0.1, 0.15) is 6.61 Å². The molecule has 1 rings (SSSR count). The fraction of sp³-hybridized carbons (Fsp3) is 0.417. The van der Waals surface area contributed by atoms with E-state index in [9.17, 15) is 4.79 Å². The van der Waals surface area contributed by atoms with E-state index in [-0.39, 0.29) is 18.3 Å². The molecule has 14 heavy (non-hydrogen) atoms. The van der Waals surface area contributed by atoms with E-state index in [4.69, 9.17) is 4.74 Å². The Morgan fingerprint density at radius 3 is 2.57 bits per heavy atom. The van der Waals surface area contributed by atoms with Gasteiger partial charge in [0.05, 0.1) is 0 Å². The summed E-state index contributed by atoms with van der Waals surface area (Å²) >= 11 is 0. The van der Waals surface area contributed by atoms with Crippen molar-refractivity contribution >= 4 is 5.78 Å². The van der Waals surface area contributed by atoms with Crippen LogP contribution < -0.4 is 0 Å². The Labute approximate surface area is 84.9 Å². The number of ketones is 1. The molecule has 76 valence electrons. The second-order valence-electron chi connectivity index (χ2n) is 3.24. The van der Waals surface area contributed by atoms with Gasteiger partial charge >= 0.3 is 0 Å². The number of hydrogen-bond acceptors (Lipinski definition) is 2. The van der Waals surface area contributed by atoms with Gasteiger partial charge in [0.2, 0.25) is 0 Å². The molecular formula is C12H16O2. The highest BCUT2D eigenvalue weighted by atomic mass is 16.5.